The van der Waals surface area contributed by atoms with Crippen molar-refractivity contribution in [3.8, 4) is 11.4 Å². The van der Waals surface area contributed by atoms with Gasteiger partial charge in [-0.05, 0) is 37.1 Å². The number of aryl methyl sites for hydroxylation is 1. The lowest BCUT2D eigenvalue weighted by atomic mass is 10.1. The average molecular weight is 450 g/mol. The van der Waals surface area contributed by atoms with Gasteiger partial charge in [-0.1, -0.05) is 30.7 Å². The quantitative estimate of drug-likeness (QED) is 0.431. The Labute approximate surface area is 188 Å². The molecule has 9 heteroatoms. The highest BCUT2D eigenvalue weighted by Gasteiger charge is 2.28. The summed E-state index contributed by atoms with van der Waals surface area (Å²) in [5.41, 5.74) is 2.07. The van der Waals surface area contributed by atoms with Crippen LogP contribution in [0.25, 0.3) is 21.6 Å². The number of rotatable bonds is 5. The van der Waals surface area contributed by atoms with Gasteiger partial charge in [-0.25, -0.2) is 4.98 Å². The molecule has 1 amide bonds. The first-order valence-corrected chi connectivity index (χ1v) is 11.5. The molecule has 0 aliphatic carbocycles. The van der Waals surface area contributed by atoms with Crippen LogP contribution in [0.5, 0.6) is 0 Å². The number of aromatic nitrogens is 4. The molecule has 1 aliphatic heterocycles. The number of para-hydroxylation sites is 1. The summed E-state index contributed by atoms with van der Waals surface area (Å²) in [6, 6.07) is 14.7. The first-order chi connectivity index (χ1) is 15.6. The van der Waals surface area contributed by atoms with E-state index in [1.54, 1.807) is 12.1 Å². The van der Waals surface area contributed by atoms with E-state index in [1.807, 2.05) is 36.4 Å². The number of amides is 1. The number of hydrogen-bond donors (Lipinski definition) is 3. The standard InChI is InChI=1S/C23H23N5O3S/c29-19(20(30)23-25-16-9-3-4-10-17(16)32-23)22(31)24-15-8-6-7-14(13-15)21-27-26-18-11-2-1-5-12-28(18)21/h3-4,6-10,13,19-20,29-30H,1-2,5,11-12H2,(H,24,31). The number of anilines is 1. The molecular formula is C23H23N5O3S. The van der Waals surface area contributed by atoms with Gasteiger partial charge in [-0.2, -0.15) is 0 Å². The van der Waals surface area contributed by atoms with E-state index in [0.29, 0.717) is 10.7 Å². The van der Waals surface area contributed by atoms with Crippen LogP contribution in [0.15, 0.2) is 48.5 Å². The van der Waals surface area contributed by atoms with Crippen LogP contribution >= 0.6 is 11.3 Å². The Hall–Kier alpha value is -3.14. The van der Waals surface area contributed by atoms with Crippen LogP contribution in [0.2, 0.25) is 0 Å². The lowest BCUT2D eigenvalue weighted by molar-refractivity contribution is -0.129. The zero-order valence-corrected chi connectivity index (χ0v) is 18.1. The maximum absolute atomic E-state index is 12.6. The highest BCUT2D eigenvalue weighted by molar-refractivity contribution is 7.18. The topological polar surface area (TPSA) is 113 Å². The third-order valence-corrected chi connectivity index (χ3v) is 6.74. The Morgan fingerprint density at radius 2 is 1.94 bits per heavy atom. The van der Waals surface area contributed by atoms with E-state index < -0.39 is 18.1 Å². The molecule has 8 nitrogen and oxygen atoms in total. The molecule has 0 radical (unpaired) electrons. The lowest BCUT2D eigenvalue weighted by Crippen LogP contribution is -2.33. The Morgan fingerprint density at radius 3 is 2.81 bits per heavy atom. The van der Waals surface area contributed by atoms with Gasteiger partial charge in [0.1, 0.15) is 16.9 Å². The predicted octanol–water partition coefficient (Wildman–Crippen LogP) is 3.31. The van der Waals surface area contributed by atoms with Crippen LogP contribution in [0.3, 0.4) is 0 Å². The van der Waals surface area contributed by atoms with Gasteiger partial charge >= 0.3 is 0 Å². The van der Waals surface area contributed by atoms with Crippen molar-refractivity contribution >= 4 is 33.1 Å². The molecule has 2 atom stereocenters. The van der Waals surface area contributed by atoms with E-state index in [4.69, 9.17) is 0 Å². The monoisotopic (exact) mass is 449 g/mol. The molecule has 1 aliphatic rings. The number of aliphatic hydroxyl groups excluding tert-OH is 2. The molecule has 5 rings (SSSR count). The third kappa shape index (κ3) is 4.02. The van der Waals surface area contributed by atoms with Crippen molar-refractivity contribution in [3.63, 3.8) is 0 Å². The number of carbonyl (C=O) groups excluding carboxylic acids is 1. The molecule has 0 bridgehead atoms. The van der Waals surface area contributed by atoms with Crippen molar-refractivity contribution in [1.29, 1.82) is 0 Å². The summed E-state index contributed by atoms with van der Waals surface area (Å²) >= 11 is 1.25. The second-order valence-electron chi connectivity index (χ2n) is 7.88. The summed E-state index contributed by atoms with van der Waals surface area (Å²) in [5.74, 6) is 1.06. The molecule has 4 aromatic rings. The minimum Gasteiger partial charge on any atom is -0.383 e. The van der Waals surface area contributed by atoms with Crippen LogP contribution < -0.4 is 5.32 Å². The van der Waals surface area contributed by atoms with Crippen molar-refractivity contribution in [3.05, 3.63) is 59.4 Å². The Balaban J connectivity index is 1.33. The van der Waals surface area contributed by atoms with Crippen molar-refractivity contribution in [2.75, 3.05) is 5.32 Å². The first-order valence-electron chi connectivity index (χ1n) is 10.6. The summed E-state index contributed by atoms with van der Waals surface area (Å²) in [6.45, 7) is 0.876. The molecule has 3 heterocycles. The summed E-state index contributed by atoms with van der Waals surface area (Å²) < 4.78 is 3.02. The maximum Gasteiger partial charge on any atom is 0.256 e. The number of fused-ring (bicyclic) bond motifs is 2. The van der Waals surface area contributed by atoms with Gasteiger partial charge in [0.25, 0.3) is 5.91 Å². The van der Waals surface area contributed by atoms with E-state index in [1.165, 1.54) is 17.8 Å². The van der Waals surface area contributed by atoms with Gasteiger partial charge in [0, 0.05) is 24.2 Å². The Kier molecular flexibility index (Phi) is 5.69. The van der Waals surface area contributed by atoms with E-state index in [2.05, 4.69) is 25.1 Å². The van der Waals surface area contributed by atoms with Crippen molar-refractivity contribution in [2.24, 2.45) is 0 Å². The van der Waals surface area contributed by atoms with Crippen LogP contribution in [0, 0.1) is 0 Å². The first kappa shape index (κ1) is 20.7. The molecule has 164 valence electrons. The fourth-order valence-corrected chi connectivity index (χ4v) is 4.93. The number of carbonyl (C=O) groups is 1. The zero-order chi connectivity index (χ0) is 22.1. The summed E-state index contributed by atoms with van der Waals surface area (Å²) in [6.07, 6.45) is 1.23. The molecule has 0 fully saturated rings. The molecule has 0 saturated heterocycles. The van der Waals surface area contributed by atoms with E-state index in [9.17, 15) is 15.0 Å². The number of hydrogen-bond acceptors (Lipinski definition) is 7. The van der Waals surface area contributed by atoms with Gasteiger partial charge in [-0.3, -0.25) is 4.79 Å². The molecular weight excluding hydrogens is 426 g/mol. The Bertz CT molecular complexity index is 1230. The molecule has 3 N–H and O–H groups in total. The van der Waals surface area contributed by atoms with Crippen LogP contribution in [0.1, 0.15) is 36.2 Å². The van der Waals surface area contributed by atoms with Crippen LogP contribution in [-0.2, 0) is 17.8 Å². The molecule has 2 aromatic carbocycles. The summed E-state index contributed by atoms with van der Waals surface area (Å²) in [7, 11) is 0. The lowest BCUT2D eigenvalue weighted by Gasteiger charge is -2.16. The second-order valence-corrected chi connectivity index (χ2v) is 8.94. The van der Waals surface area contributed by atoms with E-state index in [-0.39, 0.29) is 0 Å². The largest absolute Gasteiger partial charge is 0.383 e. The van der Waals surface area contributed by atoms with Crippen LogP contribution in [0.4, 0.5) is 5.69 Å². The minimum absolute atomic E-state index is 0.300. The predicted molar refractivity (Wildman–Crippen MR) is 122 cm³/mol. The molecule has 2 aromatic heterocycles. The van der Waals surface area contributed by atoms with Crippen molar-refractivity contribution in [2.45, 2.75) is 44.4 Å². The van der Waals surface area contributed by atoms with Gasteiger partial charge in [0.05, 0.1) is 10.2 Å². The second kappa shape index (κ2) is 8.78. The number of benzene rings is 2. The molecule has 2 unspecified atom stereocenters. The van der Waals surface area contributed by atoms with Gasteiger partial charge in [0.2, 0.25) is 0 Å². The normalized spacial score (nSPS) is 15.7. The number of aliphatic hydroxyl groups is 2. The van der Waals surface area contributed by atoms with E-state index >= 15 is 0 Å². The Morgan fingerprint density at radius 1 is 1.06 bits per heavy atom. The molecule has 0 saturated carbocycles. The van der Waals surface area contributed by atoms with Crippen LogP contribution in [-0.4, -0.2) is 42.0 Å². The van der Waals surface area contributed by atoms with Crippen molar-refractivity contribution < 1.29 is 15.0 Å². The van der Waals surface area contributed by atoms with Gasteiger partial charge < -0.3 is 20.1 Å². The third-order valence-electron chi connectivity index (χ3n) is 5.63. The van der Waals surface area contributed by atoms with Gasteiger partial charge in [-0.15, -0.1) is 21.5 Å². The number of nitrogens with one attached hydrogen (secondary N) is 1. The smallest absolute Gasteiger partial charge is 0.256 e. The number of thiazole rings is 1. The average Bonchev–Trinajstić information content (AvgIpc) is 3.35. The van der Waals surface area contributed by atoms with E-state index in [0.717, 1.165) is 53.2 Å². The number of nitrogens with zero attached hydrogens (tertiary/aromatic N) is 4. The molecule has 32 heavy (non-hydrogen) atoms. The highest BCUT2D eigenvalue weighted by Crippen LogP contribution is 2.29. The summed E-state index contributed by atoms with van der Waals surface area (Å²) in [5, 5.41) is 32.6. The minimum atomic E-state index is -1.65. The molecule has 0 spiro atoms. The fourth-order valence-electron chi connectivity index (χ4n) is 3.95. The zero-order valence-electron chi connectivity index (χ0n) is 17.3. The SMILES string of the molecule is O=C(Nc1cccc(-c2nnc3n2CCCCC3)c1)C(O)C(O)c1nc2ccccc2s1. The highest BCUT2D eigenvalue weighted by atomic mass is 32.1. The summed E-state index contributed by atoms with van der Waals surface area (Å²) in [4.78, 5) is 17.0. The fraction of sp³-hybridized carbons (Fsp3) is 0.304. The van der Waals surface area contributed by atoms with Gasteiger partial charge in [0.15, 0.2) is 11.9 Å². The maximum atomic E-state index is 12.6. The van der Waals surface area contributed by atoms with Crippen molar-refractivity contribution in [1.82, 2.24) is 19.7 Å².